The number of amides is 1. The fraction of sp³-hybridized carbons (Fsp3) is 0.855. The van der Waals surface area contributed by atoms with E-state index in [2.05, 4.69) is 43.5 Å². The van der Waals surface area contributed by atoms with Gasteiger partial charge in [0.2, 0.25) is 5.91 Å². The topological polar surface area (TPSA) is 95.9 Å². The molecule has 0 spiro atoms. The van der Waals surface area contributed by atoms with E-state index in [0.29, 0.717) is 19.4 Å². The molecule has 61 heavy (non-hydrogen) atoms. The lowest BCUT2D eigenvalue weighted by Crippen LogP contribution is -2.45. The molecule has 1 amide bonds. The summed E-state index contributed by atoms with van der Waals surface area (Å²) in [6.07, 6.45) is 61.6. The number of aliphatic hydroxyl groups is 2. The number of rotatable bonds is 49. The molecular weight excluding hydrogens is 755 g/mol. The molecule has 3 N–H and O–H groups in total. The first-order chi connectivity index (χ1) is 30.0. The summed E-state index contributed by atoms with van der Waals surface area (Å²) in [4.78, 5) is 24.5. The van der Waals surface area contributed by atoms with Gasteiger partial charge in [-0.2, -0.15) is 0 Å². The minimum absolute atomic E-state index is 0.0460. The fourth-order valence-electron chi connectivity index (χ4n) is 7.98. The highest BCUT2D eigenvalue weighted by molar-refractivity contribution is 5.76. The van der Waals surface area contributed by atoms with Crippen LogP contribution in [0.1, 0.15) is 277 Å². The van der Waals surface area contributed by atoms with E-state index in [4.69, 9.17) is 4.74 Å². The SMILES string of the molecule is CCCCCCCC/C=C\CCCCCCCC(=O)OCCCCCC/C=C\CCCC(=O)NC(CO)C(O)/C=C/CCCCCCCCCCCCCCCCCCCC. The first kappa shape index (κ1) is 59.1. The van der Waals surface area contributed by atoms with Gasteiger partial charge in [-0.15, -0.1) is 0 Å². The number of hydrogen-bond donors (Lipinski definition) is 3. The number of hydrogen-bond acceptors (Lipinski definition) is 5. The number of aliphatic hydroxyl groups excluding tert-OH is 2. The van der Waals surface area contributed by atoms with E-state index in [1.54, 1.807) is 6.08 Å². The third-order valence-electron chi connectivity index (χ3n) is 12.1. The molecule has 0 bridgehead atoms. The van der Waals surface area contributed by atoms with Gasteiger partial charge in [0, 0.05) is 12.8 Å². The first-order valence-corrected chi connectivity index (χ1v) is 26.8. The number of allylic oxidation sites excluding steroid dienone is 5. The molecule has 0 aromatic heterocycles. The van der Waals surface area contributed by atoms with Crippen LogP contribution in [-0.4, -0.2) is 47.4 Å². The van der Waals surface area contributed by atoms with Gasteiger partial charge in [-0.25, -0.2) is 0 Å². The number of nitrogens with one attached hydrogen (secondary N) is 1. The van der Waals surface area contributed by atoms with Crippen LogP contribution in [0.25, 0.3) is 0 Å². The lowest BCUT2D eigenvalue weighted by molar-refractivity contribution is -0.143. The maximum atomic E-state index is 12.4. The second-order valence-corrected chi connectivity index (χ2v) is 18.2. The molecule has 2 unspecified atom stereocenters. The molecule has 0 fully saturated rings. The summed E-state index contributed by atoms with van der Waals surface area (Å²) in [7, 11) is 0. The van der Waals surface area contributed by atoms with Crippen LogP contribution in [-0.2, 0) is 14.3 Å². The van der Waals surface area contributed by atoms with Crippen molar-refractivity contribution in [2.75, 3.05) is 13.2 Å². The van der Waals surface area contributed by atoms with E-state index in [9.17, 15) is 19.8 Å². The summed E-state index contributed by atoms with van der Waals surface area (Å²) < 4.78 is 5.43. The summed E-state index contributed by atoms with van der Waals surface area (Å²) in [5, 5.41) is 23.1. The predicted molar refractivity (Wildman–Crippen MR) is 264 cm³/mol. The molecule has 0 saturated carbocycles. The highest BCUT2D eigenvalue weighted by atomic mass is 16.5. The molecule has 0 aliphatic rings. The molecule has 0 saturated heterocycles. The maximum Gasteiger partial charge on any atom is 0.305 e. The van der Waals surface area contributed by atoms with E-state index >= 15 is 0 Å². The van der Waals surface area contributed by atoms with E-state index in [1.165, 1.54) is 180 Å². The number of esters is 1. The molecule has 0 aromatic carbocycles. The highest BCUT2D eigenvalue weighted by Crippen LogP contribution is 2.16. The van der Waals surface area contributed by atoms with Crippen molar-refractivity contribution in [2.45, 2.75) is 289 Å². The van der Waals surface area contributed by atoms with Crippen LogP contribution in [0.3, 0.4) is 0 Å². The van der Waals surface area contributed by atoms with Gasteiger partial charge >= 0.3 is 5.97 Å². The van der Waals surface area contributed by atoms with Gasteiger partial charge in [0.25, 0.3) is 0 Å². The lowest BCUT2D eigenvalue weighted by Gasteiger charge is -2.19. The van der Waals surface area contributed by atoms with Crippen molar-refractivity contribution in [2.24, 2.45) is 0 Å². The van der Waals surface area contributed by atoms with E-state index < -0.39 is 12.1 Å². The van der Waals surface area contributed by atoms with Crippen molar-refractivity contribution in [1.82, 2.24) is 5.32 Å². The Morgan fingerprint density at radius 1 is 0.443 bits per heavy atom. The number of carbonyl (C=O) groups is 2. The summed E-state index contributed by atoms with van der Waals surface area (Å²) in [6.45, 7) is 4.81. The Morgan fingerprint density at radius 2 is 0.787 bits per heavy atom. The summed E-state index contributed by atoms with van der Waals surface area (Å²) in [5.74, 6) is -0.174. The summed E-state index contributed by atoms with van der Waals surface area (Å²) in [6, 6.07) is -0.667. The van der Waals surface area contributed by atoms with Crippen molar-refractivity contribution in [3.05, 3.63) is 36.5 Å². The van der Waals surface area contributed by atoms with Gasteiger partial charge in [0.05, 0.1) is 25.4 Å². The van der Waals surface area contributed by atoms with Crippen LogP contribution < -0.4 is 5.32 Å². The molecule has 2 atom stereocenters. The Hall–Kier alpha value is -1.92. The Morgan fingerprint density at radius 3 is 1.20 bits per heavy atom. The highest BCUT2D eigenvalue weighted by Gasteiger charge is 2.17. The Balaban J connectivity index is 3.58. The zero-order chi connectivity index (χ0) is 44.4. The van der Waals surface area contributed by atoms with E-state index in [0.717, 1.165) is 70.6 Å². The van der Waals surface area contributed by atoms with Gasteiger partial charge in [0.15, 0.2) is 0 Å². The van der Waals surface area contributed by atoms with E-state index in [1.807, 2.05) is 6.08 Å². The molecule has 0 aliphatic carbocycles. The monoisotopic (exact) mass is 858 g/mol. The quantitative estimate of drug-likeness (QED) is 0.0322. The number of ether oxygens (including phenoxy) is 1. The van der Waals surface area contributed by atoms with Crippen molar-refractivity contribution >= 4 is 11.9 Å². The molecule has 6 nitrogen and oxygen atoms in total. The van der Waals surface area contributed by atoms with Crippen LogP contribution in [0.5, 0.6) is 0 Å². The van der Waals surface area contributed by atoms with Crippen LogP contribution in [0.2, 0.25) is 0 Å². The van der Waals surface area contributed by atoms with Crippen molar-refractivity contribution in [1.29, 1.82) is 0 Å². The zero-order valence-corrected chi connectivity index (χ0v) is 40.6. The standard InChI is InChI=1S/C55H103NO5/c1-3-5-7-9-11-13-15-17-19-20-21-22-23-25-26-28-31-35-39-43-47-53(58)52(51-57)56-54(59)48-44-40-36-32-30-34-38-42-46-50-61-55(60)49-45-41-37-33-29-27-24-18-16-14-12-10-8-6-4-2/h18,24,32,36,43,47,52-53,57-58H,3-17,19-23,25-31,33-35,37-42,44-46,48-51H2,1-2H3,(H,56,59)/b24-18-,36-32-,47-43+. The van der Waals surface area contributed by atoms with Crippen LogP contribution in [0, 0.1) is 0 Å². The van der Waals surface area contributed by atoms with Crippen molar-refractivity contribution in [3.63, 3.8) is 0 Å². The molecule has 0 aliphatic heterocycles. The molecule has 0 rings (SSSR count). The molecule has 0 radical (unpaired) electrons. The first-order valence-electron chi connectivity index (χ1n) is 26.8. The van der Waals surface area contributed by atoms with Gasteiger partial charge in [-0.05, 0) is 77.0 Å². The summed E-state index contributed by atoms with van der Waals surface area (Å²) in [5.41, 5.74) is 0. The van der Waals surface area contributed by atoms with Gasteiger partial charge in [-0.1, -0.05) is 224 Å². The van der Waals surface area contributed by atoms with Crippen molar-refractivity contribution < 1.29 is 24.5 Å². The smallest absolute Gasteiger partial charge is 0.305 e. The van der Waals surface area contributed by atoms with Crippen LogP contribution in [0.4, 0.5) is 0 Å². The van der Waals surface area contributed by atoms with Gasteiger partial charge in [-0.3, -0.25) is 9.59 Å². The average molecular weight is 858 g/mol. The second-order valence-electron chi connectivity index (χ2n) is 18.2. The Kier molecular flexibility index (Phi) is 49.1. The predicted octanol–water partition coefficient (Wildman–Crippen LogP) is 16.1. The normalized spacial score (nSPS) is 12.9. The van der Waals surface area contributed by atoms with Gasteiger partial charge < -0.3 is 20.3 Å². The number of carbonyl (C=O) groups excluding carboxylic acids is 2. The largest absolute Gasteiger partial charge is 0.466 e. The van der Waals surface area contributed by atoms with E-state index in [-0.39, 0.29) is 18.5 Å². The molecule has 6 heteroatoms. The second kappa shape index (κ2) is 50.7. The third kappa shape index (κ3) is 47.4. The van der Waals surface area contributed by atoms with Crippen LogP contribution >= 0.6 is 0 Å². The number of unbranched alkanes of at least 4 members (excludes halogenated alkanes) is 34. The molecule has 0 heterocycles. The molecule has 358 valence electrons. The minimum Gasteiger partial charge on any atom is -0.466 e. The summed E-state index contributed by atoms with van der Waals surface area (Å²) >= 11 is 0. The van der Waals surface area contributed by atoms with Crippen LogP contribution in [0.15, 0.2) is 36.5 Å². The lowest BCUT2D eigenvalue weighted by atomic mass is 10.0. The van der Waals surface area contributed by atoms with Crippen molar-refractivity contribution in [3.8, 4) is 0 Å². The Labute approximate surface area is 379 Å². The molecular formula is C55H103NO5. The maximum absolute atomic E-state index is 12.4. The average Bonchev–Trinajstić information content (AvgIpc) is 3.26. The fourth-order valence-corrected chi connectivity index (χ4v) is 7.98. The third-order valence-corrected chi connectivity index (χ3v) is 12.1. The zero-order valence-electron chi connectivity index (χ0n) is 40.6. The van der Waals surface area contributed by atoms with Gasteiger partial charge in [0.1, 0.15) is 0 Å². The minimum atomic E-state index is -0.876. The molecule has 0 aromatic rings. The Bertz CT molecular complexity index is 993.